The molecule has 0 saturated carbocycles. The Kier molecular flexibility index (Phi) is 3.39. The van der Waals surface area contributed by atoms with Gasteiger partial charge in [-0.15, -0.1) is 0 Å². The molecule has 0 unspecified atom stereocenters. The summed E-state index contributed by atoms with van der Waals surface area (Å²) < 4.78 is 0. The van der Waals surface area contributed by atoms with Gasteiger partial charge in [0.05, 0.1) is 5.41 Å². The van der Waals surface area contributed by atoms with Crippen molar-refractivity contribution in [2.45, 2.75) is 11.8 Å². The highest BCUT2D eigenvalue weighted by Crippen LogP contribution is 2.46. The van der Waals surface area contributed by atoms with Crippen LogP contribution in [0, 0.1) is 0 Å². The van der Waals surface area contributed by atoms with Crippen molar-refractivity contribution >= 4 is 29.1 Å². The minimum absolute atomic E-state index is 0.0524. The van der Waals surface area contributed by atoms with E-state index in [1.807, 2.05) is 24.3 Å². The van der Waals surface area contributed by atoms with Gasteiger partial charge in [-0.3, -0.25) is 9.59 Å². The zero-order chi connectivity index (χ0) is 16.9. The van der Waals surface area contributed by atoms with Gasteiger partial charge in [0, 0.05) is 36.4 Å². The fraction of sp³-hybridized carbons (Fsp3) is 0.263. The maximum absolute atomic E-state index is 12.9. The number of nitrogens with zero attached hydrogens (tertiary/aromatic N) is 2. The van der Waals surface area contributed by atoms with Gasteiger partial charge in [-0.05, 0) is 42.3 Å². The summed E-state index contributed by atoms with van der Waals surface area (Å²) in [5, 5.41) is 0.603. The van der Waals surface area contributed by atoms with E-state index in [1.54, 1.807) is 41.1 Å². The summed E-state index contributed by atoms with van der Waals surface area (Å²) in [5.74, 6) is 0.0264. The van der Waals surface area contributed by atoms with Crippen molar-refractivity contribution in [1.29, 1.82) is 0 Å². The van der Waals surface area contributed by atoms with Gasteiger partial charge in [0.25, 0.3) is 5.91 Å². The third-order valence-electron chi connectivity index (χ3n) is 5.14. The van der Waals surface area contributed by atoms with E-state index in [-0.39, 0.29) is 11.8 Å². The number of anilines is 1. The maximum atomic E-state index is 12.9. The number of fused-ring (bicyclic) bond motifs is 2. The van der Waals surface area contributed by atoms with E-state index >= 15 is 0 Å². The zero-order valence-corrected chi connectivity index (χ0v) is 14.1. The molecule has 2 heterocycles. The molecule has 1 saturated heterocycles. The molecular weight excluding hydrogens is 324 g/mol. The van der Waals surface area contributed by atoms with E-state index in [2.05, 4.69) is 0 Å². The zero-order valence-electron chi connectivity index (χ0n) is 13.3. The molecule has 24 heavy (non-hydrogen) atoms. The lowest BCUT2D eigenvalue weighted by atomic mass is 9.81. The number of carbonyl (C=O) groups is 2. The Morgan fingerprint density at radius 3 is 2.58 bits per heavy atom. The molecule has 0 radical (unpaired) electrons. The second-order valence-electron chi connectivity index (χ2n) is 6.45. The van der Waals surface area contributed by atoms with Gasteiger partial charge in [0.1, 0.15) is 0 Å². The molecule has 0 aromatic heterocycles. The molecule has 0 aliphatic carbocycles. The van der Waals surface area contributed by atoms with E-state index in [0.29, 0.717) is 30.1 Å². The average molecular weight is 341 g/mol. The molecule has 2 aromatic carbocycles. The maximum Gasteiger partial charge on any atom is 0.253 e. The van der Waals surface area contributed by atoms with E-state index in [9.17, 15) is 9.59 Å². The van der Waals surface area contributed by atoms with Gasteiger partial charge < -0.3 is 9.80 Å². The summed E-state index contributed by atoms with van der Waals surface area (Å²) in [6.07, 6.45) is 0.659. The lowest BCUT2D eigenvalue weighted by molar-refractivity contribution is -0.122. The van der Waals surface area contributed by atoms with Crippen molar-refractivity contribution in [3.63, 3.8) is 0 Å². The monoisotopic (exact) mass is 340 g/mol. The Hall–Kier alpha value is -2.33. The predicted molar refractivity (Wildman–Crippen MR) is 93.5 cm³/mol. The summed E-state index contributed by atoms with van der Waals surface area (Å²) in [4.78, 5) is 29.2. The molecule has 1 atom stereocenters. The summed E-state index contributed by atoms with van der Waals surface area (Å²) in [5.41, 5.74) is 1.98. The van der Waals surface area contributed by atoms with Crippen molar-refractivity contribution in [2.75, 3.05) is 25.0 Å². The summed E-state index contributed by atoms with van der Waals surface area (Å²) in [6.45, 7) is 1.00. The van der Waals surface area contributed by atoms with Crippen LogP contribution in [0.1, 0.15) is 22.3 Å². The number of hydrogen-bond acceptors (Lipinski definition) is 2. The van der Waals surface area contributed by atoms with Crippen LogP contribution in [0.4, 0.5) is 5.69 Å². The first kappa shape index (κ1) is 15.2. The lowest BCUT2D eigenvalue weighted by Crippen LogP contribution is -2.42. The van der Waals surface area contributed by atoms with E-state index in [4.69, 9.17) is 11.6 Å². The van der Waals surface area contributed by atoms with Crippen LogP contribution in [0.15, 0.2) is 48.5 Å². The van der Waals surface area contributed by atoms with Crippen molar-refractivity contribution in [1.82, 2.24) is 4.90 Å². The topological polar surface area (TPSA) is 40.6 Å². The molecule has 4 rings (SSSR count). The van der Waals surface area contributed by atoms with Gasteiger partial charge in [-0.2, -0.15) is 0 Å². The van der Waals surface area contributed by atoms with Gasteiger partial charge >= 0.3 is 0 Å². The molecule has 122 valence electrons. The van der Waals surface area contributed by atoms with Crippen molar-refractivity contribution in [2.24, 2.45) is 0 Å². The van der Waals surface area contributed by atoms with Gasteiger partial charge in [0.15, 0.2) is 0 Å². The van der Waals surface area contributed by atoms with Crippen LogP contribution in [-0.2, 0) is 10.2 Å². The smallest absolute Gasteiger partial charge is 0.253 e. The van der Waals surface area contributed by atoms with Crippen molar-refractivity contribution < 1.29 is 9.59 Å². The van der Waals surface area contributed by atoms with Crippen LogP contribution in [0.5, 0.6) is 0 Å². The Bertz CT molecular complexity index is 834. The van der Waals surface area contributed by atoms with Gasteiger partial charge in [0.2, 0.25) is 5.91 Å². The van der Waals surface area contributed by atoms with Gasteiger partial charge in [-0.1, -0.05) is 29.8 Å². The average Bonchev–Trinajstić information content (AvgIpc) is 3.14. The number of rotatable bonds is 1. The number of halogens is 1. The fourth-order valence-electron chi connectivity index (χ4n) is 3.87. The first-order valence-corrected chi connectivity index (χ1v) is 8.33. The lowest BCUT2D eigenvalue weighted by Gasteiger charge is -2.23. The molecule has 2 aliphatic rings. The Labute approximate surface area is 145 Å². The number of amides is 2. The van der Waals surface area contributed by atoms with Crippen LogP contribution in [-0.4, -0.2) is 36.9 Å². The molecule has 2 aromatic rings. The molecular formula is C19H17ClN2O2. The minimum Gasteiger partial charge on any atom is -0.337 e. The van der Waals surface area contributed by atoms with E-state index < -0.39 is 5.41 Å². The second-order valence-corrected chi connectivity index (χ2v) is 6.88. The van der Waals surface area contributed by atoms with Crippen molar-refractivity contribution in [3.05, 3.63) is 64.7 Å². The number of hydrogen-bond donors (Lipinski definition) is 0. The van der Waals surface area contributed by atoms with Crippen LogP contribution in [0.25, 0.3) is 0 Å². The normalized spacial score (nSPS) is 22.3. The second kappa shape index (κ2) is 5.35. The van der Waals surface area contributed by atoms with E-state index in [1.165, 1.54) is 0 Å². The highest BCUT2D eigenvalue weighted by molar-refractivity contribution is 6.30. The summed E-state index contributed by atoms with van der Waals surface area (Å²) in [7, 11) is 1.81. The molecule has 1 spiro atoms. The van der Waals surface area contributed by atoms with Gasteiger partial charge in [-0.25, -0.2) is 0 Å². The molecule has 1 fully saturated rings. The third-order valence-corrected chi connectivity index (χ3v) is 5.39. The van der Waals surface area contributed by atoms with Crippen LogP contribution in [0.3, 0.4) is 0 Å². The third kappa shape index (κ3) is 2.06. The predicted octanol–water partition coefficient (Wildman–Crippen LogP) is 3.10. The SMILES string of the molecule is CN1C(=O)[C@@]2(CCN(C(=O)c3ccc(Cl)cc3)C2)c2ccccc21. The van der Waals surface area contributed by atoms with Crippen LogP contribution >= 0.6 is 11.6 Å². The first-order chi connectivity index (χ1) is 11.5. The molecule has 2 aliphatic heterocycles. The Morgan fingerprint density at radius 1 is 1.12 bits per heavy atom. The Morgan fingerprint density at radius 2 is 1.83 bits per heavy atom. The fourth-order valence-corrected chi connectivity index (χ4v) is 3.99. The first-order valence-electron chi connectivity index (χ1n) is 7.95. The molecule has 2 amide bonds. The van der Waals surface area contributed by atoms with Crippen LogP contribution < -0.4 is 4.90 Å². The number of benzene rings is 2. The number of carbonyl (C=O) groups excluding carboxylic acids is 2. The summed E-state index contributed by atoms with van der Waals surface area (Å²) >= 11 is 5.89. The number of likely N-dealkylation sites (tertiary alicyclic amines) is 1. The van der Waals surface area contributed by atoms with Crippen LogP contribution in [0.2, 0.25) is 5.02 Å². The standard InChI is InChI=1S/C19H17ClN2O2/c1-21-16-5-3-2-4-15(16)19(18(21)24)10-11-22(12-19)17(23)13-6-8-14(20)9-7-13/h2-9H,10-12H2,1H3/t19-/m1/s1. The van der Waals surface area contributed by atoms with E-state index in [0.717, 1.165) is 11.3 Å². The molecule has 0 bridgehead atoms. The highest BCUT2D eigenvalue weighted by Gasteiger charge is 2.54. The Balaban J connectivity index is 1.66. The quantitative estimate of drug-likeness (QED) is 0.800. The number of para-hydroxylation sites is 1. The van der Waals surface area contributed by atoms with Crippen molar-refractivity contribution in [3.8, 4) is 0 Å². The summed E-state index contributed by atoms with van der Waals surface area (Å²) in [6, 6.07) is 14.7. The largest absolute Gasteiger partial charge is 0.337 e. The number of likely N-dealkylation sites (N-methyl/N-ethyl adjacent to an activating group) is 1. The minimum atomic E-state index is -0.604. The molecule has 4 nitrogen and oxygen atoms in total. The molecule has 5 heteroatoms. The molecule has 0 N–H and O–H groups in total. The highest BCUT2D eigenvalue weighted by atomic mass is 35.5.